The zero-order chi connectivity index (χ0) is 29.9. The molecule has 3 aliphatic rings. The molecule has 2 fully saturated rings. The van der Waals surface area contributed by atoms with Gasteiger partial charge in [0, 0.05) is 55.4 Å². The summed E-state index contributed by atoms with van der Waals surface area (Å²) in [7, 11) is 2.16. The highest BCUT2D eigenvalue weighted by atomic mass is 16.5. The molecule has 9 nitrogen and oxygen atoms in total. The number of benzene rings is 2. The van der Waals surface area contributed by atoms with Crippen molar-refractivity contribution in [3.63, 3.8) is 0 Å². The van der Waals surface area contributed by atoms with E-state index in [1.54, 1.807) is 4.90 Å². The second-order valence-corrected chi connectivity index (χ2v) is 12.0. The number of hydrogen-bond acceptors (Lipinski definition) is 7. The van der Waals surface area contributed by atoms with Crippen LogP contribution in [0.2, 0.25) is 0 Å². The molecule has 43 heavy (non-hydrogen) atoms. The first-order valence-electron chi connectivity index (χ1n) is 15.4. The number of piperazine rings is 1. The molecule has 0 radical (unpaired) electrons. The molecule has 0 spiro atoms. The Morgan fingerprint density at radius 1 is 1.16 bits per heavy atom. The van der Waals surface area contributed by atoms with Crippen molar-refractivity contribution < 1.29 is 9.53 Å². The van der Waals surface area contributed by atoms with Crippen molar-refractivity contribution in [2.45, 2.75) is 51.2 Å². The van der Waals surface area contributed by atoms with E-state index in [1.807, 2.05) is 0 Å². The van der Waals surface area contributed by atoms with Gasteiger partial charge in [0.2, 0.25) is 12.5 Å². The Hall–Kier alpha value is -4.16. The number of fused-ring (bicyclic) bond motifs is 2. The largest absolute Gasteiger partial charge is 0.462 e. The van der Waals surface area contributed by atoms with Gasteiger partial charge in [0.05, 0.1) is 12.2 Å². The Labute approximate surface area is 254 Å². The highest BCUT2D eigenvalue weighted by molar-refractivity contribution is 5.97. The van der Waals surface area contributed by atoms with Gasteiger partial charge in [-0.25, -0.2) is 6.57 Å². The molecule has 1 amide bonds. The lowest BCUT2D eigenvalue weighted by Gasteiger charge is -2.41. The third kappa shape index (κ3) is 5.89. The van der Waals surface area contributed by atoms with Gasteiger partial charge in [0.15, 0.2) is 0 Å². The number of carbonyl (C=O) groups excluding carboxylic acids is 1. The summed E-state index contributed by atoms with van der Waals surface area (Å²) < 4.78 is 6.24. The zero-order valence-corrected chi connectivity index (χ0v) is 25.3. The van der Waals surface area contributed by atoms with Gasteiger partial charge in [-0.3, -0.25) is 4.79 Å². The Morgan fingerprint density at radius 2 is 1.98 bits per heavy atom. The molecule has 0 N–H and O–H groups in total. The first kappa shape index (κ1) is 28.9. The van der Waals surface area contributed by atoms with Crippen LogP contribution in [-0.4, -0.2) is 90.7 Å². The molecule has 3 heterocycles. The lowest BCUT2D eigenvalue weighted by atomic mass is 9.92. The minimum absolute atomic E-state index is 0.126. The summed E-state index contributed by atoms with van der Waals surface area (Å²) in [5, 5.41) is 2.52. The van der Waals surface area contributed by atoms with Crippen molar-refractivity contribution in [1.82, 2.24) is 19.8 Å². The number of carbonyl (C=O) groups is 1. The molecule has 6 rings (SSSR count). The van der Waals surface area contributed by atoms with Crippen LogP contribution in [0.3, 0.4) is 0 Å². The van der Waals surface area contributed by atoms with E-state index in [-0.39, 0.29) is 18.5 Å². The van der Waals surface area contributed by atoms with Gasteiger partial charge in [-0.15, -0.1) is 0 Å². The smallest absolute Gasteiger partial charge is 0.318 e. The third-order valence-electron chi connectivity index (χ3n) is 9.37. The number of aromatic nitrogens is 2. The molecule has 9 heteroatoms. The molecule has 224 valence electrons. The standard InChI is InChI=1S/C34H41N7O2/c1-5-31(42)41-18-17-40(22-27(41)21-35-3)33-28-15-16-39(30-14-7-11-25-10-6-9-24(2)32(25)30)23-29(28)36-34(37-33)43-20-19-38(4)26-12-8-13-26/h5-7,9-11,14,26-27H,1,8,12-13,15-23H2,2,4H3. The highest BCUT2D eigenvalue weighted by Crippen LogP contribution is 2.36. The number of hydrogen-bond donors (Lipinski definition) is 0. The fourth-order valence-electron chi connectivity index (χ4n) is 6.70. The Balaban J connectivity index is 1.30. The lowest BCUT2D eigenvalue weighted by Crippen LogP contribution is -2.56. The normalized spacial score (nSPS) is 18.7. The van der Waals surface area contributed by atoms with E-state index in [2.05, 4.69) is 76.5 Å². The summed E-state index contributed by atoms with van der Waals surface area (Å²) >= 11 is 0. The SMILES string of the molecule is [C-]#[N+]CC1CN(c2nc(OCCN(C)C3CCC3)nc3c2CCN(c2cccc4cccc(C)c24)C3)CCN1C(=O)C=C. The minimum atomic E-state index is -0.221. The van der Waals surface area contributed by atoms with E-state index in [0.717, 1.165) is 36.6 Å². The van der Waals surface area contributed by atoms with Crippen LogP contribution < -0.4 is 14.5 Å². The first-order valence-corrected chi connectivity index (χ1v) is 15.4. The molecule has 3 aromatic rings. The monoisotopic (exact) mass is 579 g/mol. The number of aryl methyl sites for hydroxylation is 1. The summed E-state index contributed by atoms with van der Waals surface area (Å²) in [5.74, 6) is 0.750. The second kappa shape index (κ2) is 12.6. The number of likely N-dealkylation sites (N-methyl/N-ethyl adjacent to an activating group) is 1. The second-order valence-electron chi connectivity index (χ2n) is 12.0. The Bertz CT molecular complexity index is 1540. The Morgan fingerprint density at radius 3 is 2.72 bits per heavy atom. The maximum absolute atomic E-state index is 12.5. The van der Waals surface area contributed by atoms with Crippen LogP contribution in [0.15, 0.2) is 49.1 Å². The van der Waals surface area contributed by atoms with Crippen molar-refractivity contribution in [3.05, 3.63) is 77.3 Å². The predicted molar refractivity (Wildman–Crippen MR) is 171 cm³/mol. The van der Waals surface area contributed by atoms with Gasteiger partial charge in [0.1, 0.15) is 18.5 Å². The molecule has 1 saturated heterocycles. The van der Waals surface area contributed by atoms with Crippen molar-refractivity contribution in [3.8, 4) is 6.01 Å². The molecule has 1 saturated carbocycles. The van der Waals surface area contributed by atoms with E-state index in [9.17, 15) is 4.79 Å². The number of nitrogens with zero attached hydrogens (tertiary/aromatic N) is 7. The van der Waals surface area contributed by atoms with Gasteiger partial charge in [-0.2, -0.15) is 9.97 Å². The molecular weight excluding hydrogens is 538 g/mol. The number of anilines is 2. The van der Waals surface area contributed by atoms with Crippen molar-refractivity contribution >= 4 is 28.2 Å². The first-order chi connectivity index (χ1) is 21.0. The highest BCUT2D eigenvalue weighted by Gasteiger charge is 2.35. The molecule has 2 aliphatic heterocycles. The maximum atomic E-state index is 12.5. The van der Waals surface area contributed by atoms with Crippen LogP contribution in [0.4, 0.5) is 11.5 Å². The number of ether oxygens (including phenoxy) is 1. The third-order valence-corrected chi connectivity index (χ3v) is 9.37. The zero-order valence-electron chi connectivity index (χ0n) is 25.3. The van der Waals surface area contributed by atoms with Crippen molar-refractivity contribution in [2.75, 3.05) is 62.7 Å². The fourth-order valence-corrected chi connectivity index (χ4v) is 6.70. The number of amides is 1. The molecule has 1 unspecified atom stereocenters. The Kier molecular flexibility index (Phi) is 8.48. The van der Waals surface area contributed by atoms with Crippen LogP contribution in [0.1, 0.15) is 36.1 Å². The van der Waals surface area contributed by atoms with Gasteiger partial charge < -0.3 is 29.2 Å². The summed E-state index contributed by atoms with van der Waals surface area (Å²) in [6.45, 7) is 18.2. The van der Waals surface area contributed by atoms with Crippen LogP contribution in [0.25, 0.3) is 15.6 Å². The van der Waals surface area contributed by atoms with Crippen LogP contribution in [0.5, 0.6) is 6.01 Å². The fraction of sp³-hybridized carbons (Fsp3) is 0.471. The molecule has 2 aromatic carbocycles. The van der Waals surface area contributed by atoms with Crippen molar-refractivity contribution in [2.24, 2.45) is 0 Å². The molecule has 1 aliphatic carbocycles. The molecule has 1 aromatic heterocycles. The summed E-state index contributed by atoms with van der Waals surface area (Å²) in [6, 6.07) is 13.8. The summed E-state index contributed by atoms with van der Waals surface area (Å²) in [4.78, 5) is 35.0. The van der Waals surface area contributed by atoms with Gasteiger partial charge >= 0.3 is 6.01 Å². The van der Waals surface area contributed by atoms with E-state index in [0.29, 0.717) is 44.8 Å². The van der Waals surface area contributed by atoms with E-state index in [4.69, 9.17) is 21.3 Å². The molecular formula is C34H41N7O2. The van der Waals surface area contributed by atoms with Crippen LogP contribution in [0, 0.1) is 13.5 Å². The molecule has 1 atom stereocenters. The van der Waals surface area contributed by atoms with E-state index in [1.165, 1.54) is 47.4 Å². The predicted octanol–water partition coefficient (Wildman–Crippen LogP) is 4.49. The summed E-state index contributed by atoms with van der Waals surface area (Å²) in [6.07, 6.45) is 5.96. The maximum Gasteiger partial charge on any atom is 0.318 e. The average molecular weight is 580 g/mol. The minimum Gasteiger partial charge on any atom is -0.462 e. The van der Waals surface area contributed by atoms with Gasteiger partial charge in [0.25, 0.3) is 0 Å². The van der Waals surface area contributed by atoms with Crippen LogP contribution in [-0.2, 0) is 17.8 Å². The van der Waals surface area contributed by atoms with Gasteiger partial charge in [-0.1, -0.05) is 43.3 Å². The molecule has 0 bridgehead atoms. The van der Waals surface area contributed by atoms with E-state index >= 15 is 0 Å². The average Bonchev–Trinajstić information content (AvgIpc) is 2.99. The van der Waals surface area contributed by atoms with Crippen LogP contribution >= 0.6 is 0 Å². The topological polar surface area (TPSA) is 69.4 Å². The summed E-state index contributed by atoms with van der Waals surface area (Å²) in [5.41, 5.74) is 4.60. The van der Waals surface area contributed by atoms with E-state index < -0.39 is 0 Å². The number of rotatable bonds is 9. The lowest BCUT2D eigenvalue weighted by molar-refractivity contribution is -0.128. The van der Waals surface area contributed by atoms with Gasteiger partial charge in [-0.05, 0) is 56.3 Å². The quantitative estimate of drug-likeness (QED) is 0.273. The van der Waals surface area contributed by atoms with Crippen molar-refractivity contribution in [1.29, 1.82) is 0 Å².